The van der Waals surface area contributed by atoms with Gasteiger partial charge in [-0.1, -0.05) is 30.3 Å². The molecule has 0 heterocycles. The number of hydrogen-bond donors (Lipinski definition) is 0. The summed E-state index contributed by atoms with van der Waals surface area (Å²) in [6.07, 6.45) is 1.12. The van der Waals surface area contributed by atoms with Crippen molar-refractivity contribution in [3.05, 3.63) is 42.2 Å². The van der Waals surface area contributed by atoms with Gasteiger partial charge in [-0.2, -0.15) is 0 Å². The van der Waals surface area contributed by atoms with Crippen LogP contribution in [0.5, 0.6) is 0 Å². The zero-order valence-electron chi connectivity index (χ0n) is 5.86. The molecule has 0 fully saturated rings. The highest BCUT2D eigenvalue weighted by atomic mass is 16.2. The van der Waals surface area contributed by atoms with Gasteiger partial charge in [0.1, 0.15) is 6.29 Å². The highest BCUT2D eigenvalue weighted by molar-refractivity contribution is 6.06. The van der Waals surface area contributed by atoms with Gasteiger partial charge in [0.05, 0.1) is 0 Å². The Hall–Kier alpha value is -1.57. The van der Waals surface area contributed by atoms with Gasteiger partial charge >= 0.3 is 0 Å². The summed E-state index contributed by atoms with van der Waals surface area (Å²) in [5.74, 6) is 0. The molecule has 2 heteroatoms. The molecule has 0 aliphatic rings. The van der Waals surface area contributed by atoms with Gasteiger partial charge < -0.3 is 5.11 Å². The first-order valence-corrected chi connectivity index (χ1v) is 3.21. The van der Waals surface area contributed by atoms with Crippen LogP contribution in [0, 0.1) is 0 Å². The van der Waals surface area contributed by atoms with E-state index in [0.717, 1.165) is 0 Å². The van der Waals surface area contributed by atoms with E-state index in [0.29, 0.717) is 18.1 Å². The largest absolute Gasteiger partial charge is 0.877 e. The van der Waals surface area contributed by atoms with Crippen LogP contribution < -0.4 is 5.11 Å². The average molecular weight is 147 g/mol. The fourth-order valence-electron chi connectivity index (χ4n) is 0.794. The van der Waals surface area contributed by atoms with Crippen LogP contribution in [-0.2, 0) is 4.79 Å². The second-order valence-electron chi connectivity index (χ2n) is 2.06. The van der Waals surface area contributed by atoms with E-state index in [1.54, 1.807) is 24.3 Å². The molecule has 1 aromatic carbocycles. The second kappa shape index (κ2) is 3.56. The Balaban J connectivity index is 3.01. The first-order valence-electron chi connectivity index (χ1n) is 3.21. The van der Waals surface area contributed by atoms with Crippen LogP contribution >= 0.6 is 0 Å². The minimum atomic E-state index is 0.186. The van der Waals surface area contributed by atoms with Crippen molar-refractivity contribution < 1.29 is 9.90 Å². The van der Waals surface area contributed by atoms with Crippen LogP contribution in [0.3, 0.4) is 0 Å². The summed E-state index contributed by atoms with van der Waals surface area (Å²) in [6.45, 7) is 0. The molecule has 0 amide bonds. The van der Waals surface area contributed by atoms with Crippen LogP contribution in [0.4, 0.5) is 0 Å². The molecule has 11 heavy (non-hydrogen) atoms. The number of carbonyl (C=O) groups excluding carboxylic acids is 1. The van der Waals surface area contributed by atoms with Gasteiger partial charge in [0.15, 0.2) is 0 Å². The highest BCUT2D eigenvalue weighted by Gasteiger charge is 1.93. The van der Waals surface area contributed by atoms with Crippen LogP contribution in [0.25, 0.3) is 5.57 Å². The van der Waals surface area contributed by atoms with Gasteiger partial charge in [-0.15, -0.1) is 6.26 Å². The summed E-state index contributed by atoms with van der Waals surface area (Å²) in [4.78, 5) is 10.3. The molecule has 0 radical (unpaired) electrons. The molecule has 0 aromatic heterocycles. The van der Waals surface area contributed by atoms with E-state index in [1.807, 2.05) is 6.07 Å². The molecule has 0 aliphatic heterocycles. The fourth-order valence-corrected chi connectivity index (χ4v) is 0.794. The number of aldehydes is 1. The smallest absolute Gasteiger partial charge is 0.149 e. The number of carbonyl (C=O) groups is 1. The van der Waals surface area contributed by atoms with E-state index in [-0.39, 0.29) is 5.57 Å². The highest BCUT2D eigenvalue weighted by Crippen LogP contribution is 2.08. The van der Waals surface area contributed by atoms with Gasteiger partial charge in [-0.3, -0.25) is 4.79 Å². The first-order chi connectivity index (χ1) is 5.38. The third-order valence-corrected chi connectivity index (χ3v) is 1.36. The molecule has 1 rings (SSSR count). The fraction of sp³-hybridized carbons (Fsp3) is 0. The minimum Gasteiger partial charge on any atom is -0.877 e. The predicted octanol–water partition coefficient (Wildman–Crippen LogP) is 0.587. The molecule has 0 saturated heterocycles. The number of allylic oxidation sites excluding steroid dienone is 1. The summed E-state index contributed by atoms with van der Waals surface area (Å²) >= 11 is 0. The Labute approximate surface area is 64.8 Å². The topological polar surface area (TPSA) is 40.1 Å². The van der Waals surface area contributed by atoms with Crippen molar-refractivity contribution in [2.75, 3.05) is 0 Å². The van der Waals surface area contributed by atoms with Crippen molar-refractivity contribution in [3.8, 4) is 0 Å². The van der Waals surface area contributed by atoms with E-state index in [1.165, 1.54) is 0 Å². The van der Waals surface area contributed by atoms with E-state index >= 15 is 0 Å². The lowest BCUT2D eigenvalue weighted by atomic mass is 10.1. The van der Waals surface area contributed by atoms with Crippen LogP contribution in [0.1, 0.15) is 5.56 Å². The summed E-state index contributed by atoms with van der Waals surface area (Å²) in [5.41, 5.74) is 0.850. The third kappa shape index (κ3) is 1.67. The lowest BCUT2D eigenvalue weighted by Crippen LogP contribution is -1.93. The van der Waals surface area contributed by atoms with Crippen LogP contribution in [-0.4, -0.2) is 6.29 Å². The summed E-state index contributed by atoms with van der Waals surface area (Å²) in [5, 5.41) is 10.3. The molecule has 1 aromatic rings. The molecule has 2 nitrogen and oxygen atoms in total. The van der Waals surface area contributed by atoms with E-state index < -0.39 is 0 Å². The van der Waals surface area contributed by atoms with E-state index in [2.05, 4.69) is 0 Å². The monoisotopic (exact) mass is 147 g/mol. The van der Waals surface area contributed by atoms with E-state index in [4.69, 9.17) is 0 Å². The minimum absolute atomic E-state index is 0.186. The average Bonchev–Trinajstić information content (AvgIpc) is 2.09. The van der Waals surface area contributed by atoms with Crippen molar-refractivity contribution >= 4 is 11.9 Å². The predicted molar refractivity (Wildman–Crippen MR) is 40.5 cm³/mol. The second-order valence-corrected chi connectivity index (χ2v) is 2.06. The normalized spacial score (nSPS) is 11.1. The molecule has 0 aliphatic carbocycles. The maximum Gasteiger partial charge on any atom is 0.149 e. The lowest BCUT2D eigenvalue weighted by molar-refractivity contribution is -0.273. The van der Waals surface area contributed by atoms with Crippen molar-refractivity contribution in [3.63, 3.8) is 0 Å². The quantitative estimate of drug-likeness (QED) is 0.349. The third-order valence-electron chi connectivity index (χ3n) is 1.36. The maximum atomic E-state index is 10.3. The summed E-state index contributed by atoms with van der Waals surface area (Å²) in [7, 11) is 0. The van der Waals surface area contributed by atoms with Gasteiger partial charge in [-0.05, 0) is 5.56 Å². The molecule has 0 saturated carbocycles. The Morgan fingerprint density at radius 2 is 1.91 bits per heavy atom. The van der Waals surface area contributed by atoms with Crippen LogP contribution in [0.2, 0.25) is 0 Å². The van der Waals surface area contributed by atoms with Crippen molar-refractivity contribution in [2.24, 2.45) is 0 Å². The molecule has 0 N–H and O–H groups in total. The Morgan fingerprint density at radius 3 is 2.36 bits per heavy atom. The number of hydrogen-bond acceptors (Lipinski definition) is 2. The molecule has 0 spiro atoms. The molecular formula is C9H7O2-. The van der Waals surface area contributed by atoms with Gasteiger partial charge in [0, 0.05) is 5.57 Å². The van der Waals surface area contributed by atoms with Crippen LogP contribution in [0.15, 0.2) is 36.6 Å². The maximum absolute atomic E-state index is 10.3. The summed E-state index contributed by atoms with van der Waals surface area (Å²) in [6, 6.07) is 8.83. The SMILES string of the molecule is O=C/C(=C/[O-])c1ccccc1. The zero-order chi connectivity index (χ0) is 8.10. The van der Waals surface area contributed by atoms with Crippen molar-refractivity contribution in [1.29, 1.82) is 0 Å². The number of rotatable bonds is 2. The molecule has 0 bridgehead atoms. The Bertz CT molecular complexity index is 262. The zero-order valence-corrected chi connectivity index (χ0v) is 5.86. The molecular weight excluding hydrogens is 140 g/mol. The molecule has 56 valence electrons. The van der Waals surface area contributed by atoms with Gasteiger partial charge in [0.25, 0.3) is 0 Å². The first kappa shape index (κ1) is 7.54. The molecule has 0 unspecified atom stereocenters. The van der Waals surface area contributed by atoms with E-state index in [9.17, 15) is 9.90 Å². The standard InChI is InChI=1S/C9H8O2/c10-6-9(7-11)8-4-2-1-3-5-8/h1-7,10H/p-1/b9-6-. The van der Waals surface area contributed by atoms with Gasteiger partial charge in [0.2, 0.25) is 0 Å². The molecule has 0 atom stereocenters. The summed E-state index contributed by atoms with van der Waals surface area (Å²) < 4.78 is 0. The Kier molecular flexibility index (Phi) is 2.44. The van der Waals surface area contributed by atoms with Crippen molar-refractivity contribution in [1.82, 2.24) is 0 Å². The van der Waals surface area contributed by atoms with Crippen molar-refractivity contribution in [2.45, 2.75) is 0 Å². The lowest BCUT2D eigenvalue weighted by Gasteiger charge is -2.00. The van der Waals surface area contributed by atoms with Gasteiger partial charge in [-0.25, -0.2) is 0 Å². The number of benzene rings is 1. The Morgan fingerprint density at radius 1 is 1.27 bits per heavy atom.